The van der Waals surface area contributed by atoms with E-state index in [-0.39, 0.29) is 50.8 Å². The standard InChI is InChI=1S/C49H51N3O8S/c1-8-17-56-45-29(4)46-48(60-26-59-46)42-35(45)20-38-43-41-30(18-27(2)44(55-7)47(41)58-25-54-6)19-37(51(43)5)39(21-50)52(38)40(42)22-57-49(53)28(3)23-61-24-36-33-15-11-9-13-31(33)32-14-10-12-16-34(32)36/h8-16,18,23,36-40,43H,1,17,19-20,22,24-26H2,2-7H3/b28-23-/t37-,38?,39-,40-,43-/m0/s1. The third kappa shape index (κ3) is 6.74. The molecule has 4 aliphatic heterocycles. The largest absolute Gasteiger partial charge is 0.493 e. The van der Waals surface area contributed by atoms with Gasteiger partial charge in [0.15, 0.2) is 29.8 Å². The van der Waals surface area contributed by atoms with Crippen molar-refractivity contribution in [3.8, 4) is 45.9 Å². The van der Waals surface area contributed by atoms with Crippen molar-refractivity contribution in [1.29, 1.82) is 5.26 Å². The summed E-state index contributed by atoms with van der Waals surface area (Å²) in [6.07, 6.45) is 2.83. The molecule has 1 fully saturated rings. The summed E-state index contributed by atoms with van der Waals surface area (Å²) in [6, 6.07) is 20.1. The fourth-order valence-electron chi connectivity index (χ4n) is 10.6. The molecule has 0 radical (unpaired) electrons. The van der Waals surface area contributed by atoms with Gasteiger partial charge >= 0.3 is 5.97 Å². The summed E-state index contributed by atoms with van der Waals surface area (Å²) in [5, 5.41) is 13.1. The molecule has 2 bridgehead atoms. The maximum Gasteiger partial charge on any atom is 0.334 e. The number of methoxy groups -OCH3 is 2. The lowest BCUT2D eigenvalue weighted by atomic mass is 9.71. The van der Waals surface area contributed by atoms with Crippen LogP contribution < -0.4 is 23.7 Å². The molecule has 1 unspecified atom stereocenters. The Labute approximate surface area is 361 Å². The summed E-state index contributed by atoms with van der Waals surface area (Å²) in [6.45, 7) is 10.0. The van der Waals surface area contributed by atoms with Gasteiger partial charge in [0, 0.05) is 58.7 Å². The molecule has 5 atom stereocenters. The smallest absolute Gasteiger partial charge is 0.334 e. The van der Waals surface area contributed by atoms with Crippen molar-refractivity contribution >= 4 is 17.7 Å². The second-order valence-corrected chi connectivity index (χ2v) is 17.2. The highest BCUT2D eigenvalue weighted by atomic mass is 32.2. The highest BCUT2D eigenvalue weighted by molar-refractivity contribution is 8.02. The first kappa shape index (κ1) is 40.9. The Bertz CT molecular complexity index is 2430. The van der Waals surface area contributed by atoms with E-state index in [4.69, 9.17) is 33.2 Å². The monoisotopic (exact) mass is 841 g/mol. The van der Waals surface area contributed by atoms with E-state index in [9.17, 15) is 10.1 Å². The molecule has 4 heterocycles. The minimum atomic E-state index is -0.577. The lowest BCUT2D eigenvalue weighted by molar-refractivity contribution is -0.144. The van der Waals surface area contributed by atoms with Crippen LogP contribution in [0, 0.1) is 25.2 Å². The Hall–Kier alpha value is -5.45. The molecule has 11 nitrogen and oxygen atoms in total. The molecule has 316 valence electrons. The zero-order chi connectivity index (χ0) is 42.5. The van der Waals surface area contributed by atoms with Gasteiger partial charge in [-0.15, -0.1) is 11.8 Å². The summed E-state index contributed by atoms with van der Waals surface area (Å²) in [5.74, 6) is 3.73. The van der Waals surface area contributed by atoms with Gasteiger partial charge in [-0.05, 0) is 79.4 Å². The van der Waals surface area contributed by atoms with E-state index in [0.29, 0.717) is 47.2 Å². The van der Waals surface area contributed by atoms with Crippen LogP contribution >= 0.6 is 11.8 Å². The number of hydrogen-bond acceptors (Lipinski definition) is 12. The van der Waals surface area contributed by atoms with E-state index < -0.39 is 18.1 Å². The molecule has 4 aromatic carbocycles. The lowest BCUT2D eigenvalue weighted by Gasteiger charge is -2.60. The molecule has 0 saturated carbocycles. The van der Waals surface area contributed by atoms with Gasteiger partial charge in [-0.1, -0.05) is 67.3 Å². The van der Waals surface area contributed by atoms with E-state index >= 15 is 0 Å². The van der Waals surface area contributed by atoms with E-state index in [2.05, 4.69) is 84.1 Å². The average Bonchev–Trinajstić information content (AvgIpc) is 3.88. The third-order valence-corrected chi connectivity index (χ3v) is 14.1. The van der Waals surface area contributed by atoms with Crippen molar-refractivity contribution in [3.05, 3.63) is 123 Å². The van der Waals surface area contributed by atoms with Crippen molar-refractivity contribution in [2.75, 3.05) is 53.8 Å². The fraction of sp³-hybridized carbons (Fsp3) is 0.388. The van der Waals surface area contributed by atoms with Crippen LogP contribution in [0.5, 0.6) is 28.7 Å². The lowest BCUT2D eigenvalue weighted by Crippen LogP contribution is -2.68. The first-order valence-corrected chi connectivity index (χ1v) is 21.8. The Balaban J connectivity index is 1.09. The molecule has 5 aliphatic rings. The van der Waals surface area contributed by atoms with Gasteiger partial charge in [-0.3, -0.25) is 9.80 Å². The number of likely N-dealkylation sites (N-methyl/N-ethyl adjacent to an activating group) is 1. The summed E-state index contributed by atoms with van der Waals surface area (Å²) in [7, 11) is 5.34. The van der Waals surface area contributed by atoms with Crippen LogP contribution in [-0.2, 0) is 27.1 Å². The number of aryl methyl sites for hydroxylation is 1. The second-order valence-electron chi connectivity index (χ2n) is 16.3. The fourth-order valence-corrected chi connectivity index (χ4v) is 11.6. The van der Waals surface area contributed by atoms with Crippen molar-refractivity contribution in [2.45, 2.75) is 69.7 Å². The van der Waals surface area contributed by atoms with Gasteiger partial charge < -0.3 is 33.2 Å². The van der Waals surface area contributed by atoms with Crippen LogP contribution in [0.25, 0.3) is 11.1 Å². The van der Waals surface area contributed by atoms with Gasteiger partial charge in [-0.2, -0.15) is 5.26 Å². The Morgan fingerprint density at radius 1 is 0.967 bits per heavy atom. The summed E-state index contributed by atoms with van der Waals surface area (Å²) in [5.41, 5.74) is 11.3. The number of rotatable bonds is 13. The van der Waals surface area contributed by atoms with Crippen LogP contribution in [0.3, 0.4) is 0 Å². The van der Waals surface area contributed by atoms with Gasteiger partial charge in [0.25, 0.3) is 0 Å². The molecule has 9 rings (SSSR count). The molecule has 0 spiro atoms. The second kappa shape index (κ2) is 16.8. The van der Waals surface area contributed by atoms with Gasteiger partial charge in [0.1, 0.15) is 25.0 Å². The van der Waals surface area contributed by atoms with Gasteiger partial charge in [0.2, 0.25) is 6.79 Å². The average molecular weight is 842 g/mol. The van der Waals surface area contributed by atoms with E-state index in [1.54, 1.807) is 39.0 Å². The number of carbonyl (C=O) groups excluding carboxylic acids is 1. The highest BCUT2D eigenvalue weighted by Crippen LogP contribution is 2.59. The molecule has 12 heteroatoms. The molecule has 0 N–H and O–H groups in total. The predicted octanol–water partition coefficient (Wildman–Crippen LogP) is 8.35. The van der Waals surface area contributed by atoms with Gasteiger partial charge in [0.05, 0.1) is 25.3 Å². The zero-order valence-corrected chi connectivity index (χ0v) is 36.3. The van der Waals surface area contributed by atoms with Crippen molar-refractivity contribution < 1.29 is 38.0 Å². The van der Waals surface area contributed by atoms with Crippen LogP contribution in [0.1, 0.15) is 69.4 Å². The molecule has 61 heavy (non-hydrogen) atoms. The van der Waals surface area contributed by atoms with Crippen molar-refractivity contribution in [2.24, 2.45) is 0 Å². The quantitative estimate of drug-likeness (QED) is 0.0559. The van der Waals surface area contributed by atoms with E-state index in [1.165, 1.54) is 22.3 Å². The molecular formula is C49H51N3O8S. The number of carbonyl (C=O) groups is 1. The molecule has 0 amide bonds. The molecule has 1 saturated heterocycles. The maximum absolute atomic E-state index is 14.1. The van der Waals surface area contributed by atoms with Crippen LogP contribution in [0.15, 0.2) is 78.2 Å². The van der Waals surface area contributed by atoms with Crippen LogP contribution in [0.2, 0.25) is 0 Å². The van der Waals surface area contributed by atoms with Gasteiger partial charge in [-0.25, -0.2) is 4.79 Å². The molecule has 4 aromatic rings. The molecule has 0 aromatic heterocycles. The number of hydrogen-bond donors (Lipinski definition) is 0. The summed E-state index contributed by atoms with van der Waals surface area (Å²) >= 11 is 1.62. The minimum Gasteiger partial charge on any atom is -0.493 e. The van der Waals surface area contributed by atoms with E-state index in [1.807, 2.05) is 19.3 Å². The molecule has 1 aliphatic carbocycles. The number of nitrogens with zero attached hydrogens (tertiary/aromatic N) is 3. The minimum absolute atomic E-state index is 0.0280. The highest BCUT2D eigenvalue weighted by Gasteiger charge is 2.57. The third-order valence-electron chi connectivity index (χ3n) is 13.1. The maximum atomic E-state index is 14.1. The number of benzene rings is 4. The number of esters is 1. The number of ether oxygens (including phenoxy) is 7. The summed E-state index contributed by atoms with van der Waals surface area (Å²) < 4.78 is 43.0. The van der Waals surface area contributed by atoms with Crippen molar-refractivity contribution in [3.63, 3.8) is 0 Å². The number of thioether (sulfide) groups is 1. The molecular weight excluding hydrogens is 791 g/mol. The van der Waals surface area contributed by atoms with Crippen LogP contribution in [0.4, 0.5) is 0 Å². The Morgan fingerprint density at radius 2 is 1.69 bits per heavy atom. The Morgan fingerprint density at radius 3 is 2.38 bits per heavy atom. The van der Waals surface area contributed by atoms with E-state index in [0.717, 1.165) is 39.1 Å². The van der Waals surface area contributed by atoms with Crippen LogP contribution in [-0.4, -0.2) is 87.7 Å². The van der Waals surface area contributed by atoms with Crippen molar-refractivity contribution in [1.82, 2.24) is 9.80 Å². The first-order chi connectivity index (χ1) is 29.7. The topological polar surface area (TPSA) is 112 Å². The normalized spacial score (nSPS) is 22.2. The SMILES string of the molecule is C=CCOc1c(C)c2c(c3c1CC1[C@H]4c5c(cc(C)c(OC)c5OCOC)C[C@@H]([C@H](C#N)N1[C@H]3COC(=O)/C(C)=C\SCC1c3ccccc3-c3ccccc31)N4C)OCO2. The predicted molar refractivity (Wildman–Crippen MR) is 234 cm³/mol. The first-order valence-electron chi connectivity index (χ1n) is 20.8. The zero-order valence-electron chi connectivity index (χ0n) is 35.5. The Kier molecular flexibility index (Phi) is 11.3. The number of fused-ring (bicyclic) bond motifs is 12. The number of piperazine rings is 1. The summed E-state index contributed by atoms with van der Waals surface area (Å²) in [4.78, 5) is 18.6. The number of nitriles is 1.